The summed E-state index contributed by atoms with van der Waals surface area (Å²) in [5.74, 6) is 0. The second-order valence-electron chi connectivity index (χ2n) is 5.77. The van der Waals surface area contributed by atoms with E-state index < -0.39 is 6.10 Å². The van der Waals surface area contributed by atoms with Gasteiger partial charge in [-0.2, -0.15) is 0 Å². The molecule has 0 bridgehead atoms. The van der Waals surface area contributed by atoms with Gasteiger partial charge in [-0.3, -0.25) is 0 Å². The zero-order valence-electron chi connectivity index (χ0n) is 12.5. The van der Waals surface area contributed by atoms with Crippen molar-refractivity contribution in [2.45, 2.75) is 45.5 Å². The number of hydrogen-bond acceptors (Lipinski definition) is 2. The van der Waals surface area contributed by atoms with Crippen molar-refractivity contribution >= 4 is 0 Å². The van der Waals surface area contributed by atoms with Crippen molar-refractivity contribution in [3.05, 3.63) is 70.3 Å². The molecule has 2 aromatic carbocycles. The Hall–Kier alpha value is -1.64. The summed E-state index contributed by atoms with van der Waals surface area (Å²) in [6.07, 6.45) is 2.98. The van der Waals surface area contributed by atoms with Crippen LogP contribution in [0.1, 0.15) is 53.7 Å². The number of hydrogen-bond donors (Lipinski definition) is 1. The van der Waals surface area contributed by atoms with Crippen molar-refractivity contribution in [2.75, 3.05) is 0 Å². The third-order valence-electron chi connectivity index (χ3n) is 4.18. The number of aliphatic hydroxyl groups is 1. The van der Waals surface area contributed by atoms with E-state index in [0.717, 1.165) is 17.5 Å². The van der Waals surface area contributed by atoms with Crippen LogP contribution in [0.4, 0.5) is 0 Å². The summed E-state index contributed by atoms with van der Waals surface area (Å²) >= 11 is 0. The minimum absolute atomic E-state index is 0.559. The van der Waals surface area contributed by atoms with Crippen LogP contribution in [-0.4, -0.2) is 5.11 Å². The van der Waals surface area contributed by atoms with Gasteiger partial charge in [0.1, 0.15) is 6.10 Å². The maximum absolute atomic E-state index is 10.5. The van der Waals surface area contributed by atoms with E-state index in [4.69, 9.17) is 4.74 Å². The molecule has 2 nitrogen and oxygen atoms in total. The van der Waals surface area contributed by atoms with E-state index in [1.807, 2.05) is 18.2 Å². The third kappa shape index (κ3) is 3.17. The van der Waals surface area contributed by atoms with Gasteiger partial charge in [-0.1, -0.05) is 55.8 Å². The summed E-state index contributed by atoms with van der Waals surface area (Å²) in [5, 5.41) is 10.5. The molecule has 1 atom stereocenters. The summed E-state index contributed by atoms with van der Waals surface area (Å²) < 4.78 is 5.43. The van der Waals surface area contributed by atoms with Crippen LogP contribution in [0.15, 0.2) is 42.5 Å². The molecule has 1 unspecified atom stereocenters. The fraction of sp³-hybridized carbons (Fsp3) is 0.368. The number of unbranched alkanes of at least 4 members (excludes halogenated alkanes) is 1. The summed E-state index contributed by atoms with van der Waals surface area (Å²) in [4.78, 5) is 0. The average Bonchev–Trinajstić information content (AvgIpc) is 3.00. The number of benzene rings is 2. The van der Waals surface area contributed by atoms with E-state index in [1.54, 1.807) is 0 Å². The molecule has 0 amide bonds. The summed E-state index contributed by atoms with van der Waals surface area (Å²) in [7, 11) is 0. The van der Waals surface area contributed by atoms with Crippen molar-refractivity contribution in [3.8, 4) is 0 Å². The average molecular weight is 282 g/mol. The van der Waals surface area contributed by atoms with E-state index in [2.05, 4.69) is 31.2 Å². The quantitative estimate of drug-likeness (QED) is 0.893. The van der Waals surface area contributed by atoms with Gasteiger partial charge in [0, 0.05) is 0 Å². The maximum atomic E-state index is 10.5. The van der Waals surface area contributed by atoms with Crippen LogP contribution in [0.2, 0.25) is 0 Å². The number of rotatable bonds is 5. The maximum Gasteiger partial charge on any atom is 0.104 e. The highest BCUT2D eigenvalue weighted by molar-refractivity contribution is 5.38. The van der Waals surface area contributed by atoms with Gasteiger partial charge in [-0.15, -0.1) is 0 Å². The smallest absolute Gasteiger partial charge is 0.104 e. The number of fused-ring (bicyclic) bond motifs is 1. The fourth-order valence-electron chi connectivity index (χ4n) is 2.80. The van der Waals surface area contributed by atoms with E-state index >= 15 is 0 Å². The van der Waals surface area contributed by atoms with Gasteiger partial charge in [-0.05, 0) is 40.7 Å². The van der Waals surface area contributed by atoms with Gasteiger partial charge in [-0.25, -0.2) is 0 Å². The molecule has 0 saturated heterocycles. The lowest BCUT2D eigenvalue weighted by Crippen LogP contribution is -2.01. The van der Waals surface area contributed by atoms with E-state index in [9.17, 15) is 5.11 Å². The Morgan fingerprint density at radius 2 is 1.71 bits per heavy atom. The summed E-state index contributed by atoms with van der Waals surface area (Å²) in [6.45, 7) is 3.55. The highest BCUT2D eigenvalue weighted by Crippen LogP contribution is 2.27. The minimum atomic E-state index is -0.559. The highest BCUT2D eigenvalue weighted by Gasteiger charge is 2.16. The van der Waals surface area contributed by atoms with Gasteiger partial charge < -0.3 is 9.84 Å². The molecule has 0 aliphatic carbocycles. The molecule has 0 fully saturated rings. The van der Waals surface area contributed by atoms with Crippen LogP contribution < -0.4 is 0 Å². The van der Waals surface area contributed by atoms with Gasteiger partial charge in [0.05, 0.1) is 13.2 Å². The number of ether oxygens (including phenoxy) is 1. The monoisotopic (exact) mass is 282 g/mol. The normalized spacial score (nSPS) is 15.0. The molecule has 1 aliphatic rings. The van der Waals surface area contributed by atoms with Gasteiger partial charge in [0.25, 0.3) is 0 Å². The molecular weight excluding hydrogens is 260 g/mol. The molecule has 0 aromatic heterocycles. The Bertz CT molecular complexity index is 601. The Morgan fingerprint density at radius 1 is 1.00 bits per heavy atom. The molecule has 0 saturated carbocycles. The van der Waals surface area contributed by atoms with Crippen LogP contribution in [0.3, 0.4) is 0 Å². The lowest BCUT2D eigenvalue weighted by atomic mass is 9.96. The molecule has 1 aliphatic heterocycles. The van der Waals surface area contributed by atoms with Crippen molar-refractivity contribution in [2.24, 2.45) is 0 Å². The van der Waals surface area contributed by atoms with Crippen LogP contribution in [0.5, 0.6) is 0 Å². The fourth-order valence-corrected chi connectivity index (χ4v) is 2.80. The summed E-state index contributed by atoms with van der Waals surface area (Å²) in [5.41, 5.74) is 5.68. The van der Waals surface area contributed by atoms with Crippen molar-refractivity contribution in [1.29, 1.82) is 0 Å². The lowest BCUT2D eigenvalue weighted by Gasteiger charge is -2.13. The zero-order valence-corrected chi connectivity index (χ0v) is 12.5. The first-order valence-electron chi connectivity index (χ1n) is 7.74. The van der Waals surface area contributed by atoms with Crippen molar-refractivity contribution in [1.82, 2.24) is 0 Å². The van der Waals surface area contributed by atoms with E-state index in [0.29, 0.717) is 13.2 Å². The zero-order chi connectivity index (χ0) is 14.7. The van der Waals surface area contributed by atoms with Crippen molar-refractivity contribution < 1.29 is 9.84 Å². The van der Waals surface area contributed by atoms with Crippen LogP contribution in [-0.2, 0) is 24.4 Å². The second-order valence-corrected chi connectivity index (χ2v) is 5.77. The lowest BCUT2D eigenvalue weighted by molar-refractivity contribution is 0.134. The first-order chi connectivity index (χ1) is 10.3. The van der Waals surface area contributed by atoms with Gasteiger partial charge in [0.15, 0.2) is 0 Å². The predicted molar refractivity (Wildman–Crippen MR) is 84.1 cm³/mol. The molecule has 21 heavy (non-hydrogen) atoms. The molecule has 0 radical (unpaired) electrons. The molecule has 2 heteroatoms. The Labute approximate surface area is 126 Å². The number of aliphatic hydroxyl groups excluding tert-OH is 1. The minimum Gasteiger partial charge on any atom is -0.384 e. The highest BCUT2D eigenvalue weighted by atomic mass is 16.5. The second kappa shape index (κ2) is 6.42. The molecule has 1 N–H and O–H groups in total. The third-order valence-corrected chi connectivity index (χ3v) is 4.18. The molecule has 110 valence electrons. The van der Waals surface area contributed by atoms with Gasteiger partial charge >= 0.3 is 0 Å². The largest absolute Gasteiger partial charge is 0.384 e. The van der Waals surface area contributed by atoms with Gasteiger partial charge in [0.2, 0.25) is 0 Å². The first kappa shape index (κ1) is 14.3. The SMILES string of the molecule is CCCCc1ccc(C(O)c2ccc3c(c2)COC3)cc1. The molecule has 2 aromatic rings. The Balaban J connectivity index is 1.76. The number of aryl methyl sites for hydroxylation is 1. The Morgan fingerprint density at radius 3 is 2.48 bits per heavy atom. The molecule has 3 rings (SSSR count). The van der Waals surface area contributed by atoms with E-state index in [-0.39, 0.29) is 0 Å². The standard InChI is InChI=1S/C19H22O2/c1-2-3-4-14-5-7-15(8-6-14)19(20)16-9-10-17-12-21-13-18(17)11-16/h5-11,19-20H,2-4,12-13H2,1H3. The Kier molecular flexibility index (Phi) is 4.37. The van der Waals surface area contributed by atoms with Crippen LogP contribution in [0.25, 0.3) is 0 Å². The molecule has 0 spiro atoms. The first-order valence-corrected chi connectivity index (χ1v) is 7.74. The predicted octanol–water partition coefficient (Wildman–Crippen LogP) is 4.14. The molecule has 1 heterocycles. The van der Waals surface area contributed by atoms with E-state index in [1.165, 1.54) is 29.5 Å². The summed E-state index contributed by atoms with van der Waals surface area (Å²) in [6, 6.07) is 14.5. The topological polar surface area (TPSA) is 29.5 Å². The van der Waals surface area contributed by atoms with Crippen LogP contribution in [0, 0.1) is 0 Å². The van der Waals surface area contributed by atoms with Crippen LogP contribution >= 0.6 is 0 Å². The van der Waals surface area contributed by atoms with Crippen molar-refractivity contribution in [3.63, 3.8) is 0 Å². The molecular formula is C19H22O2.